The minimum absolute atomic E-state index is 0.0645. The van der Waals surface area contributed by atoms with E-state index in [9.17, 15) is 14.7 Å². The number of aliphatic hydroxyl groups is 1. The summed E-state index contributed by atoms with van der Waals surface area (Å²) in [7, 11) is 0. The molecular weight excluding hydrogens is 434 g/mol. The first-order valence-corrected chi connectivity index (χ1v) is 11.8. The highest BCUT2D eigenvalue weighted by molar-refractivity contribution is 5.99. The third-order valence-corrected chi connectivity index (χ3v) is 6.01. The summed E-state index contributed by atoms with van der Waals surface area (Å²) >= 11 is 0. The van der Waals surface area contributed by atoms with Crippen molar-refractivity contribution in [1.29, 1.82) is 0 Å². The molecule has 1 atom stereocenters. The summed E-state index contributed by atoms with van der Waals surface area (Å²) in [5.74, 6) is 0.898. The van der Waals surface area contributed by atoms with E-state index in [2.05, 4.69) is 0 Å². The molecule has 0 radical (unpaired) electrons. The van der Waals surface area contributed by atoms with Gasteiger partial charge in [-0.1, -0.05) is 19.1 Å². The lowest BCUT2D eigenvalue weighted by atomic mass is 9.96. The fourth-order valence-corrected chi connectivity index (χ4v) is 4.63. The fraction of sp³-hybridized carbons (Fsp3) is 0.407. The Hall–Kier alpha value is -3.32. The molecule has 2 aromatic carbocycles. The first kappa shape index (κ1) is 23.8. The van der Waals surface area contributed by atoms with Crippen molar-refractivity contribution in [3.8, 4) is 11.5 Å². The minimum atomic E-state index is -0.644. The van der Waals surface area contributed by atoms with Crippen LogP contribution in [0.2, 0.25) is 0 Å². The summed E-state index contributed by atoms with van der Waals surface area (Å²) < 4.78 is 17.7. The molecule has 0 spiro atoms. The Bertz CT molecular complexity index is 1280. The number of hydrogen-bond acceptors (Lipinski definition) is 6. The zero-order valence-electron chi connectivity index (χ0n) is 20.1. The zero-order valence-corrected chi connectivity index (χ0v) is 20.1. The minimum Gasteiger partial charge on any atom is -0.490 e. The number of carbonyl (C=O) groups excluding carboxylic acids is 1. The normalized spacial score (nSPS) is 15.1. The number of fused-ring (bicyclic) bond motifs is 2. The number of nitrogens with zero attached hydrogens (tertiary/aromatic N) is 1. The molecule has 1 unspecified atom stereocenters. The molecular formula is C27H31NO6. The molecule has 0 saturated heterocycles. The number of carbonyl (C=O) groups is 1. The van der Waals surface area contributed by atoms with Gasteiger partial charge >= 0.3 is 0 Å². The smallest absolute Gasteiger partial charge is 0.290 e. The lowest BCUT2D eigenvalue weighted by Crippen LogP contribution is -2.31. The van der Waals surface area contributed by atoms with Crippen molar-refractivity contribution in [1.82, 2.24) is 4.90 Å². The van der Waals surface area contributed by atoms with Gasteiger partial charge in [-0.05, 0) is 68.5 Å². The van der Waals surface area contributed by atoms with E-state index < -0.39 is 6.04 Å². The van der Waals surface area contributed by atoms with Crippen molar-refractivity contribution in [2.45, 2.75) is 46.6 Å². The van der Waals surface area contributed by atoms with Crippen molar-refractivity contribution >= 4 is 16.9 Å². The first-order valence-electron chi connectivity index (χ1n) is 11.8. The van der Waals surface area contributed by atoms with Crippen molar-refractivity contribution in [3.63, 3.8) is 0 Å². The number of benzene rings is 2. The molecule has 0 saturated carbocycles. The molecule has 3 aromatic rings. The summed E-state index contributed by atoms with van der Waals surface area (Å²) in [4.78, 5) is 28.8. The van der Waals surface area contributed by atoms with Crippen molar-refractivity contribution in [3.05, 3.63) is 68.6 Å². The third kappa shape index (κ3) is 4.16. The van der Waals surface area contributed by atoms with Crippen LogP contribution in [0.3, 0.4) is 0 Å². The largest absolute Gasteiger partial charge is 0.490 e. The van der Waals surface area contributed by atoms with Crippen LogP contribution in [0.5, 0.6) is 11.5 Å². The SMILES string of the molecule is CCCOc1ccc(C2c3c(oc4cc(C)cc(C)c4c3=O)C(=O)N2CCCO)cc1OCC. The number of amides is 1. The van der Waals surface area contributed by atoms with Gasteiger partial charge in [-0.3, -0.25) is 9.59 Å². The molecule has 180 valence electrons. The third-order valence-electron chi connectivity index (χ3n) is 6.01. The van der Waals surface area contributed by atoms with Crippen LogP contribution in [0.25, 0.3) is 11.0 Å². The zero-order chi connectivity index (χ0) is 24.4. The first-order chi connectivity index (χ1) is 16.4. The van der Waals surface area contributed by atoms with Crippen LogP contribution in [0.1, 0.15) is 65.5 Å². The summed E-state index contributed by atoms with van der Waals surface area (Å²) in [6.07, 6.45) is 1.25. The van der Waals surface area contributed by atoms with Gasteiger partial charge in [-0.25, -0.2) is 0 Å². The average molecular weight is 466 g/mol. The molecule has 4 rings (SSSR count). The second kappa shape index (κ2) is 9.89. The molecule has 2 heterocycles. The number of hydrogen-bond donors (Lipinski definition) is 1. The Morgan fingerprint density at radius 1 is 1.06 bits per heavy atom. The summed E-state index contributed by atoms with van der Waals surface area (Å²) in [5.41, 5.74) is 3.03. The summed E-state index contributed by atoms with van der Waals surface area (Å²) in [6.45, 7) is 8.95. The number of rotatable bonds is 9. The average Bonchev–Trinajstić information content (AvgIpc) is 3.08. The van der Waals surface area contributed by atoms with Gasteiger partial charge in [0.15, 0.2) is 16.9 Å². The van der Waals surface area contributed by atoms with Crippen molar-refractivity contribution in [2.75, 3.05) is 26.4 Å². The molecule has 1 amide bonds. The Labute approximate surface area is 198 Å². The van der Waals surface area contributed by atoms with E-state index in [1.54, 1.807) is 11.0 Å². The van der Waals surface area contributed by atoms with E-state index >= 15 is 0 Å². The standard InChI is InChI=1S/C27H31NO6/c1-5-12-33-19-9-8-18(15-20(19)32-6-2)24-23-25(30)22-17(4)13-16(3)14-21(22)34-26(23)27(31)28(24)10-7-11-29/h8-9,13-15,24,29H,5-7,10-12H2,1-4H3. The molecule has 1 aromatic heterocycles. The topological polar surface area (TPSA) is 89.2 Å². The number of aryl methyl sites for hydroxylation is 2. The van der Waals surface area contributed by atoms with Gasteiger partial charge in [-0.2, -0.15) is 0 Å². The van der Waals surface area contributed by atoms with Gasteiger partial charge in [0.05, 0.1) is 30.2 Å². The van der Waals surface area contributed by atoms with Crippen LogP contribution < -0.4 is 14.9 Å². The lowest BCUT2D eigenvalue weighted by Gasteiger charge is -2.25. The van der Waals surface area contributed by atoms with E-state index in [0.717, 1.165) is 23.1 Å². The molecule has 0 bridgehead atoms. The van der Waals surface area contributed by atoms with Gasteiger partial charge in [0.25, 0.3) is 5.91 Å². The van der Waals surface area contributed by atoms with E-state index in [1.165, 1.54) is 0 Å². The van der Waals surface area contributed by atoms with Gasteiger partial charge < -0.3 is 23.9 Å². The van der Waals surface area contributed by atoms with Gasteiger partial charge in [0.1, 0.15) is 5.58 Å². The monoisotopic (exact) mass is 465 g/mol. The molecule has 1 aliphatic heterocycles. The van der Waals surface area contributed by atoms with E-state index in [0.29, 0.717) is 47.7 Å². The maximum Gasteiger partial charge on any atom is 0.290 e. The lowest BCUT2D eigenvalue weighted by molar-refractivity contribution is 0.0716. The maximum absolute atomic E-state index is 13.8. The molecule has 1 N–H and O–H groups in total. The van der Waals surface area contributed by atoms with Gasteiger partial charge in [0, 0.05) is 13.2 Å². The van der Waals surface area contributed by atoms with Crippen LogP contribution in [-0.4, -0.2) is 42.3 Å². The predicted octanol–water partition coefficient (Wildman–Crippen LogP) is 4.52. The highest BCUT2D eigenvalue weighted by atomic mass is 16.5. The highest BCUT2D eigenvalue weighted by Gasteiger charge is 2.42. The molecule has 0 fully saturated rings. The van der Waals surface area contributed by atoms with E-state index in [-0.39, 0.29) is 30.2 Å². The highest BCUT2D eigenvalue weighted by Crippen LogP contribution is 2.41. The van der Waals surface area contributed by atoms with Crippen LogP contribution >= 0.6 is 0 Å². The Balaban J connectivity index is 1.92. The predicted molar refractivity (Wildman–Crippen MR) is 130 cm³/mol. The van der Waals surface area contributed by atoms with Crippen molar-refractivity contribution in [2.24, 2.45) is 0 Å². The number of ether oxygens (including phenoxy) is 2. The quantitative estimate of drug-likeness (QED) is 0.500. The fourth-order valence-electron chi connectivity index (χ4n) is 4.63. The Morgan fingerprint density at radius 2 is 1.85 bits per heavy atom. The summed E-state index contributed by atoms with van der Waals surface area (Å²) in [6, 6.07) is 8.59. The Kier molecular flexibility index (Phi) is 6.93. The summed E-state index contributed by atoms with van der Waals surface area (Å²) in [5, 5.41) is 9.92. The van der Waals surface area contributed by atoms with Crippen LogP contribution in [-0.2, 0) is 0 Å². The second-order valence-corrected chi connectivity index (χ2v) is 8.59. The van der Waals surface area contributed by atoms with Gasteiger partial charge in [-0.15, -0.1) is 0 Å². The van der Waals surface area contributed by atoms with Crippen LogP contribution in [0.15, 0.2) is 39.5 Å². The van der Waals surface area contributed by atoms with Gasteiger partial charge in [0.2, 0.25) is 5.76 Å². The van der Waals surface area contributed by atoms with Crippen LogP contribution in [0, 0.1) is 13.8 Å². The molecule has 1 aliphatic rings. The van der Waals surface area contributed by atoms with E-state index in [4.69, 9.17) is 13.9 Å². The molecule has 7 nitrogen and oxygen atoms in total. The number of aliphatic hydroxyl groups excluding tert-OH is 1. The second-order valence-electron chi connectivity index (χ2n) is 8.59. The molecule has 7 heteroatoms. The molecule has 34 heavy (non-hydrogen) atoms. The molecule has 0 aliphatic carbocycles. The Morgan fingerprint density at radius 3 is 2.56 bits per heavy atom. The van der Waals surface area contributed by atoms with Crippen molar-refractivity contribution < 1.29 is 23.8 Å². The van der Waals surface area contributed by atoms with Crippen LogP contribution in [0.4, 0.5) is 0 Å². The van der Waals surface area contributed by atoms with E-state index in [1.807, 2.05) is 52.0 Å². The maximum atomic E-state index is 13.8.